The van der Waals surface area contributed by atoms with E-state index in [0.717, 1.165) is 0 Å². The average Bonchev–Trinajstić information content (AvgIpc) is 3.57. The van der Waals surface area contributed by atoms with Gasteiger partial charge in [-0.05, 0) is 51.1 Å². The first-order valence-electron chi connectivity index (χ1n) is 12.9. The summed E-state index contributed by atoms with van der Waals surface area (Å²) in [6.45, 7) is 6.49. The van der Waals surface area contributed by atoms with Crippen molar-refractivity contribution in [3.05, 3.63) is 66.2 Å². The monoisotopic (exact) mass is 571 g/mol. The molecule has 0 unspecified atom stereocenters. The number of alkyl halides is 2. The summed E-state index contributed by atoms with van der Waals surface area (Å²) < 4.78 is 52.0. The Balaban J connectivity index is 1.35. The molecular formula is C27H28F3N7O4. The third-order valence-electron chi connectivity index (χ3n) is 6.26. The highest BCUT2D eigenvalue weighted by molar-refractivity contribution is 5.92. The Morgan fingerprint density at radius 2 is 1.80 bits per heavy atom. The molecule has 0 radical (unpaired) electrons. The van der Waals surface area contributed by atoms with E-state index < -0.39 is 29.8 Å². The van der Waals surface area contributed by atoms with Gasteiger partial charge < -0.3 is 23.4 Å². The number of pyridine rings is 1. The van der Waals surface area contributed by atoms with Crippen molar-refractivity contribution in [1.82, 2.24) is 29.4 Å². The minimum atomic E-state index is -2.88. The quantitative estimate of drug-likeness (QED) is 0.326. The average molecular weight is 572 g/mol. The molecule has 3 aromatic heterocycles. The van der Waals surface area contributed by atoms with Crippen molar-refractivity contribution in [3.63, 3.8) is 0 Å². The number of ether oxygens (including phenoxy) is 1. The molecule has 1 saturated heterocycles. The van der Waals surface area contributed by atoms with Gasteiger partial charge in [-0.3, -0.25) is 4.90 Å². The number of fused-ring (bicyclic) bond motifs is 1. The third-order valence-corrected chi connectivity index (χ3v) is 6.26. The fraction of sp³-hybridized carbons (Fsp3) is 0.370. The molecule has 41 heavy (non-hydrogen) atoms. The van der Waals surface area contributed by atoms with Crippen LogP contribution >= 0.6 is 0 Å². The Kier molecular flexibility index (Phi) is 7.56. The maximum atomic E-state index is 14.2. The Labute approximate surface area is 233 Å². The highest BCUT2D eigenvalue weighted by Crippen LogP contribution is 2.25. The summed E-state index contributed by atoms with van der Waals surface area (Å²) in [5.41, 5.74) is 1.05. The third kappa shape index (κ3) is 6.42. The number of benzene rings is 1. The van der Waals surface area contributed by atoms with E-state index >= 15 is 0 Å². The molecule has 14 heteroatoms. The molecule has 0 spiro atoms. The lowest BCUT2D eigenvalue weighted by atomic mass is 10.2. The van der Waals surface area contributed by atoms with Crippen molar-refractivity contribution >= 4 is 23.5 Å². The number of urea groups is 1. The van der Waals surface area contributed by atoms with Crippen LogP contribution in [0.1, 0.15) is 38.8 Å². The number of carbonyl (C=O) groups is 2. The van der Waals surface area contributed by atoms with E-state index in [1.807, 2.05) is 0 Å². The van der Waals surface area contributed by atoms with Crippen LogP contribution in [0.25, 0.3) is 17.1 Å². The molecule has 0 saturated carbocycles. The molecule has 0 atom stereocenters. The van der Waals surface area contributed by atoms with Gasteiger partial charge >= 0.3 is 18.5 Å². The maximum absolute atomic E-state index is 14.2. The molecule has 3 amide bonds. The summed E-state index contributed by atoms with van der Waals surface area (Å²) in [6.07, 6.45) is 0.0288. The van der Waals surface area contributed by atoms with Crippen molar-refractivity contribution in [1.29, 1.82) is 0 Å². The minimum Gasteiger partial charge on any atom is -0.444 e. The molecule has 11 nitrogen and oxygen atoms in total. The topological polar surface area (TPSA) is 109 Å². The number of hydrogen-bond acceptors (Lipinski definition) is 7. The van der Waals surface area contributed by atoms with Gasteiger partial charge in [0, 0.05) is 49.8 Å². The van der Waals surface area contributed by atoms with Crippen LogP contribution in [0.4, 0.5) is 28.4 Å². The summed E-state index contributed by atoms with van der Waals surface area (Å²) in [4.78, 5) is 35.3. The van der Waals surface area contributed by atoms with Gasteiger partial charge in [0.25, 0.3) is 5.89 Å². The van der Waals surface area contributed by atoms with E-state index in [-0.39, 0.29) is 44.6 Å². The predicted molar refractivity (Wildman–Crippen MR) is 141 cm³/mol. The van der Waals surface area contributed by atoms with Crippen molar-refractivity contribution in [3.8, 4) is 11.5 Å². The van der Waals surface area contributed by atoms with Gasteiger partial charge in [0.05, 0.1) is 12.2 Å². The molecule has 1 fully saturated rings. The van der Waals surface area contributed by atoms with E-state index in [9.17, 15) is 22.8 Å². The van der Waals surface area contributed by atoms with Crippen LogP contribution in [0.15, 0.2) is 53.2 Å². The molecular weight excluding hydrogens is 543 g/mol. The van der Waals surface area contributed by atoms with Gasteiger partial charge in [-0.15, -0.1) is 10.2 Å². The second-order valence-electron chi connectivity index (χ2n) is 10.5. The number of halogens is 3. The number of nitrogens with zero attached hydrogens (tertiary/aromatic N) is 7. The number of piperazine rings is 1. The lowest BCUT2D eigenvalue weighted by Crippen LogP contribution is -2.54. The van der Waals surface area contributed by atoms with E-state index in [1.165, 1.54) is 23.1 Å². The second-order valence-corrected chi connectivity index (χ2v) is 10.5. The molecule has 1 aliphatic heterocycles. The molecule has 216 valence electrons. The standard InChI is InChI=1S/C27H28F3N7O4/c1-27(2,3)41-26(39)35-11-9-34(10-12-35)25(38)37(20-6-4-5-18(28)14-20)16-19-15-36-8-7-17(13-21(36)31-19)23-32-33-24(40-23)22(29)30/h4-8,13-15,22H,9-12,16H2,1-3H3. The number of imidazole rings is 1. The van der Waals surface area contributed by atoms with Crippen LogP contribution in [0, 0.1) is 5.82 Å². The van der Waals surface area contributed by atoms with Gasteiger partial charge in [-0.25, -0.2) is 19.0 Å². The van der Waals surface area contributed by atoms with Gasteiger partial charge in [-0.2, -0.15) is 8.78 Å². The molecule has 0 aliphatic carbocycles. The summed E-state index contributed by atoms with van der Waals surface area (Å²) in [7, 11) is 0. The normalized spacial score (nSPS) is 14.1. The van der Waals surface area contributed by atoms with Crippen molar-refractivity contribution in [2.45, 2.75) is 39.3 Å². The number of rotatable bonds is 5. The highest BCUT2D eigenvalue weighted by atomic mass is 19.3. The van der Waals surface area contributed by atoms with Crippen LogP contribution in [-0.4, -0.2) is 73.3 Å². The summed E-state index contributed by atoms with van der Waals surface area (Å²) in [5.74, 6) is -1.35. The Morgan fingerprint density at radius 3 is 2.46 bits per heavy atom. The van der Waals surface area contributed by atoms with E-state index in [0.29, 0.717) is 22.6 Å². The summed E-state index contributed by atoms with van der Waals surface area (Å²) in [5, 5.41) is 7.02. The fourth-order valence-corrected chi connectivity index (χ4v) is 4.34. The first-order valence-corrected chi connectivity index (χ1v) is 12.9. The number of aromatic nitrogens is 4. The largest absolute Gasteiger partial charge is 0.444 e. The van der Waals surface area contributed by atoms with Crippen molar-refractivity contribution in [2.24, 2.45) is 0 Å². The zero-order valence-corrected chi connectivity index (χ0v) is 22.6. The zero-order chi connectivity index (χ0) is 29.3. The van der Waals surface area contributed by atoms with Crippen molar-refractivity contribution in [2.75, 3.05) is 31.1 Å². The van der Waals surface area contributed by atoms with Gasteiger partial charge in [-0.1, -0.05) is 6.07 Å². The van der Waals surface area contributed by atoms with E-state index in [4.69, 9.17) is 9.15 Å². The highest BCUT2D eigenvalue weighted by Gasteiger charge is 2.31. The fourth-order valence-electron chi connectivity index (χ4n) is 4.34. The number of carbonyl (C=O) groups excluding carboxylic acids is 2. The van der Waals surface area contributed by atoms with Crippen LogP contribution in [0.5, 0.6) is 0 Å². The molecule has 1 aliphatic rings. The zero-order valence-electron chi connectivity index (χ0n) is 22.6. The number of anilines is 1. The SMILES string of the molecule is CC(C)(C)OC(=O)N1CCN(C(=O)N(Cc2cn3ccc(-c4nnc(C(F)F)o4)cc3n2)c2cccc(F)c2)CC1. The van der Waals surface area contributed by atoms with Gasteiger partial charge in [0.15, 0.2) is 0 Å². The Hall–Kier alpha value is -4.62. The van der Waals surface area contributed by atoms with Crippen LogP contribution < -0.4 is 4.90 Å². The lowest BCUT2D eigenvalue weighted by Gasteiger charge is -2.37. The molecule has 0 bridgehead atoms. The van der Waals surface area contributed by atoms with Gasteiger partial charge in [0.1, 0.15) is 17.1 Å². The molecule has 1 aromatic carbocycles. The molecule has 0 N–H and O–H groups in total. The maximum Gasteiger partial charge on any atom is 0.410 e. The minimum absolute atomic E-state index is 0.0155. The van der Waals surface area contributed by atoms with E-state index in [2.05, 4.69) is 15.2 Å². The predicted octanol–water partition coefficient (Wildman–Crippen LogP) is 5.14. The lowest BCUT2D eigenvalue weighted by molar-refractivity contribution is 0.0172. The number of amides is 3. The number of hydrogen-bond donors (Lipinski definition) is 0. The van der Waals surface area contributed by atoms with E-state index in [1.54, 1.807) is 65.6 Å². The molecule has 5 rings (SSSR count). The summed E-state index contributed by atoms with van der Waals surface area (Å²) >= 11 is 0. The summed E-state index contributed by atoms with van der Waals surface area (Å²) in [6, 6.07) is 8.52. The molecule has 4 heterocycles. The van der Waals surface area contributed by atoms with Crippen LogP contribution in [0.3, 0.4) is 0 Å². The second kappa shape index (κ2) is 11.1. The Bertz CT molecular complexity index is 1560. The Morgan fingerprint density at radius 1 is 1.07 bits per heavy atom. The molecule has 4 aromatic rings. The first kappa shape index (κ1) is 27.9. The van der Waals surface area contributed by atoms with Gasteiger partial charge in [0.2, 0.25) is 5.89 Å². The first-order chi connectivity index (χ1) is 19.5. The van der Waals surface area contributed by atoms with Crippen LogP contribution in [0.2, 0.25) is 0 Å². The van der Waals surface area contributed by atoms with Crippen molar-refractivity contribution < 1.29 is 31.9 Å². The van der Waals surface area contributed by atoms with Crippen LogP contribution in [-0.2, 0) is 11.3 Å². The smallest absolute Gasteiger partial charge is 0.410 e.